The maximum atomic E-state index is 12.4. The van der Waals surface area contributed by atoms with Gasteiger partial charge in [0.1, 0.15) is 0 Å². The minimum Gasteiger partial charge on any atom is -0.319 e. The van der Waals surface area contributed by atoms with Gasteiger partial charge in [0.15, 0.2) is 0 Å². The molecule has 1 aliphatic heterocycles. The van der Waals surface area contributed by atoms with E-state index in [-0.39, 0.29) is 12.4 Å². The van der Waals surface area contributed by atoms with Crippen molar-refractivity contribution in [2.24, 2.45) is 5.92 Å². The molecular formula is C12H18BrClN2O2S. The molecule has 1 unspecified atom stereocenters. The molecule has 1 aromatic rings. The molecule has 1 heterocycles. The minimum absolute atomic E-state index is 0. The number of halogens is 2. The van der Waals surface area contributed by atoms with Gasteiger partial charge in [-0.05, 0) is 44.1 Å². The Bertz CT molecular complexity index is 524. The summed E-state index contributed by atoms with van der Waals surface area (Å²) >= 11 is 3.31. The summed E-state index contributed by atoms with van der Waals surface area (Å²) in [5.41, 5.74) is 0. The van der Waals surface area contributed by atoms with E-state index in [0.29, 0.717) is 23.9 Å². The number of sulfonamides is 1. The first-order chi connectivity index (χ1) is 8.54. The third-order valence-electron chi connectivity index (χ3n) is 3.18. The number of rotatable bonds is 4. The van der Waals surface area contributed by atoms with E-state index in [2.05, 4.69) is 21.2 Å². The lowest BCUT2D eigenvalue weighted by Crippen LogP contribution is -2.30. The molecule has 1 saturated heterocycles. The van der Waals surface area contributed by atoms with Crippen LogP contribution in [0.1, 0.15) is 6.42 Å². The largest absolute Gasteiger partial charge is 0.319 e. The summed E-state index contributed by atoms with van der Waals surface area (Å²) < 4.78 is 27.2. The molecule has 19 heavy (non-hydrogen) atoms. The van der Waals surface area contributed by atoms with Crippen LogP contribution in [-0.4, -0.2) is 39.4 Å². The van der Waals surface area contributed by atoms with Gasteiger partial charge < -0.3 is 5.32 Å². The molecule has 0 bridgehead atoms. The predicted octanol–water partition coefficient (Wildman–Crippen LogP) is 2.10. The maximum absolute atomic E-state index is 12.4. The van der Waals surface area contributed by atoms with Gasteiger partial charge in [-0.1, -0.05) is 22.0 Å². The molecule has 0 spiro atoms. The summed E-state index contributed by atoms with van der Waals surface area (Å²) in [4.78, 5) is 0.363. The standard InChI is InChI=1S/C12H17BrN2O2S.ClH/c1-14-8-10-5-6-15(9-10)18(16,17)12-4-2-3-11(13)7-12;/h2-4,7,10,14H,5-6,8-9H2,1H3;1H. The number of nitrogens with zero attached hydrogens (tertiary/aromatic N) is 1. The Labute approximate surface area is 129 Å². The van der Waals surface area contributed by atoms with E-state index in [1.807, 2.05) is 13.1 Å². The van der Waals surface area contributed by atoms with Gasteiger partial charge in [0.05, 0.1) is 4.90 Å². The van der Waals surface area contributed by atoms with Crippen molar-refractivity contribution < 1.29 is 8.42 Å². The molecule has 7 heteroatoms. The summed E-state index contributed by atoms with van der Waals surface area (Å²) in [6, 6.07) is 6.87. The van der Waals surface area contributed by atoms with Gasteiger partial charge in [0, 0.05) is 17.6 Å². The highest BCUT2D eigenvalue weighted by Crippen LogP contribution is 2.25. The van der Waals surface area contributed by atoms with Crippen molar-refractivity contribution in [3.63, 3.8) is 0 Å². The van der Waals surface area contributed by atoms with Crippen LogP contribution in [-0.2, 0) is 10.0 Å². The van der Waals surface area contributed by atoms with Crippen LogP contribution in [0.15, 0.2) is 33.6 Å². The molecule has 0 radical (unpaired) electrons. The Balaban J connectivity index is 0.00000180. The van der Waals surface area contributed by atoms with Crippen molar-refractivity contribution in [1.82, 2.24) is 9.62 Å². The van der Waals surface area contributed by atoms with E-state index in [1.165, 1.54) is 0 Å². The van der Waals surface area contributed by atoms with E-state index in [4.69, 9.17) is 0 Å². The third-order valence-corrected chi connectivity index (χ3v) is 5.53. The molecular weight excluding hydrogens is 352 g/mol. The molecule has 0 amide bonds. The Morgan fingerprint density at radius 1 is 1.47 bits per heavy atom. The molecule has 1 fully saturated rings. The average molecular weight is 370 g/mol. The lowest BCUT2D eigenvalue weighted by atomic mass is 10.1. The summed E-state index contributed by atoms with van der Waals surface area (Å²) in [7, 11) is -1.44. The van der Waals surface area contributed by atoms with Crippen molar-refractivity contribution in [3.8, 4) is 0 Å². The van der Waals surface area contributed by atoms with Crippen LogP contribution in [0.5, 0.6) is 0 Å². The normalized spacial score (nSPS) is 20.2. The number of hydrogen-bond acceptors (Lipinski definition) is 3. The van der Waals surface area contributed by atoms with Gasteiger partial charge in [-0.3, -0.25) is 0 Å². The van der Waals surface area contributed by atoms with Gasteiger partial charge in [0.2, 0.25) is 10.0 Å². The van der Waals surface area contributed by atoms with E-state index in [1.54, 1.807) is 22.5 Å². The van der Waals surface area contributed by atoms with Crippen LogP contribution < -0.4 is 5.32 Å². The minimum atomic E-state index is -3.34. The quantitative estimate of drug-likeness (QED) is 0.884. The summed E-state index contributed by atoms with van der Waals surface area (Å²) in [6.07, 6.45) is 0.925. The third kappa shape index (κ3) is 3.92. The fourth-order valence-electron chi connectivity index (χ4n) is 2.25. The smallest absolute Gasteiger partial charge is 0.243 e. The second-order valence-electron chi connectivity index (χ2n) is 4.53. The second-order valence-corrected chi connectivity index (χ2v) is 7.39. The molecule has 2 rings (SSSR count). The lowest BCUT2D eigenvalue weighted by molar-refractivity contribution is 0.451. The van der Waals surface area contributed by atoms with Crippen LogP contribution in [0.2, 0.25) is 0 Å². The van der Waals surface area contributed by atoms with Crippen LogP contribution in [0, 0.1) is 5.92 Å². The van der Waals surface area contributed by atoms with Gasteiger partial charge in [-0.25, -0.2) is 8.42 Å². The topological polar surface area (TPSA) is 49.4 Å². The monoisotopic (exact) mass is 368 g/mol. The van der Waals surface area contributed by atoms with Crippen LogP contribution in [0.25, 0.3) is 0 Å². The Hall–Kier alpha value is -0.140. The van der Waals surface area contributed by atoms with Gasteiger partial charge in [-0.15, -0.1) is 12.4 Å². The first-order valence-corrected chi connectivity index (χ1v) is 8.17. The predicted molar refractivity (Wildman–Crippen MR) is 82.2 cm³/mol. The summed E-state index contributed by atoms with van der Waals surface area (Å²) in [5, 5.41) is 3.10. The highest BCUT2D eigenvalue weighted by atomic mass is 79.9. The molecule has 108 valence electrons. The highest BCUT2D eigenvalue weighted by molar-refractivity contribution is 9.10. The first-order valence-electron chi connectivity index (χ1n) is 5.94. The van der Waals surface area contributed by atoms with E-state index >= 15 is 0 Å². The van der Waals surface area contributed by atoms with Gasteiger partial charge >= 0.3 is 0 Å². The zero-order valence-corrected chi connectivity index (χ0v) is 13.9. The van der Waals surface area contributed by atoms with Crippen LogP contribution in [0.4, 0.5) is 0 Å². The van der Waals surface area contributed by atoms with Crippen LogP contribution in [0.3, 0.4) is 0 Å². The van der Waals surface area contributed by atoms with E-state index in [0.717, 1.165) is 17.4 Å². The van der Waals surface area contributed by atoms with Gasteiger partial charge in [-0.2, -0.15) is 4.31 Å². The Kier molecular flexibility index (Phi) is 6.26. The molecule has 4 nitrogen and oxygen atoms in total. The highest BCUT2D eigenvalue weighted by Gasteiger charge is 2.32. The molecule has 1 aromatic carbocycles. The lowest BCUT2D eigenvalue weighted by Gasteiger charge is -2.16. The molecule has 1 N–H and O–H groups in total. The van der Waals surface area contributed by atoms with E-state index < -0.39 is 10.0 Å². The zero-order valence-electron chi connectivity index (χ0n) is 10.7. The van der Waals surface area contributed by atoms with Crippen molar-refractivity contribution in [2.45, 2.75) is 11.3 Å². The fraction of sp³-hybridized carbons (Fsp3) is 0.500. The molecule has 0 aromatic heterocycles. The summed E-state index contributed by atoms with van der Waals surface area (Å²) in [5.74, 6) is 0.414. The van der Waals surface area contributed by atoms with Crippen molar-refractivity contribution in [2.75, 3.05) is 26.7 Å². The Morgan fingerprint density at radius 3 is 2.84 bits per heavy atom. The zero-order chi connectivity index (χ0) is 13.2. The second kappa shape index (κ2) is 7.04. The van der Waals surface area contributed by atoms with Crippen molar-refractivity contribution in [3.05, 3.63) is 28.7 Å². The van der Waals surface area contributed by atoms with Crippen molar-refractivity contribution in [1.29, 1.82) is 0 Å². The van der Waals surface area contributed by atoms with Crippen molar-refractivity contribution >= 4 is 38.4 Å². The summed E-state index contributed by atoms with van der Waals surface area (Å²) in [6.45, 7) is 2.08. The first kappa shape index (κ1) is 16.9. The average Bonchev–Trinajstić information content (AvgIpc) is 2.79. The molecule has 0 saturated carbocycles. The molecule has 1 atom stereocenters. The van der Waals surface area contributed by atoms with Crippen LogP contribution >= 0.6 is 28.3 Å². The maximum Gasteiger partial charge on any atom is 0.243 e. The van der Waals surface area contributed by atoms with E-state index in [9.17, 15) is 8.42 Å². The van der Waals surface area contributed by atoms with Gasteiger partial charge in [0.25, 0.3) is 0 Å². The number of benzene rings is 1. The fourth-order valence-corrected chi connectivity index (χ4v) is 4.38. The number of hydrogen-bond donors (Lipinski definition) is 1. The molecule has 0 aliphatic carbocycles. The SMILES string of the molecule is CNCC1CCN(S(=O)(=O)c2cccc(Br)c2)C1.Cl. The molecule has 1 aliphatic rings. The number of nitrogens with one attached hydrogen (secondary N) is 1. The Morgan fingerprint density at radius 2 is 2.21 bits per heavy atom.